The molecule has 0 unspecified atom stereocenters. The average Bonchev–Trinajstić information content (AvgIpc) is 2.79. The molecule has 1 fully saturated rings. The first kappa shape index (κ1) is 24.9. The Bertz CT molecular complexity index is 1100. The number of piperidine rings is 1. The summed E-state index contributed by atoms with van der Waals surface area (Å²) in [6, 6.07) is 10.6. The van der Waals surface area contributed by atoms with E-state index in [1.807, 2.05) is 19.1 Å². The van der Waals surface area contributed by atoms with E-state index in [1.165, 1.54) is 16.4 Å². The fourth-order valence-electron chi connectivity index (χ4n) is 4.05. The summed E-state index contributed by atoms with van der Waals surface area (Å²) in [5.41, 5.74) is 2.02. The molecule has 178 valence electrons. The summed E-state index contributed by atoms with van der Waals surface area (Å²) in [6.45, 7) is 4.14. The maximum Gasteiger partial charge on any atom is 0.313 e. The van der Waals surface area contributed by atoms with E-state index in [4.69, 9.17) is 0 Å². The lowest BCUT2D eigenvalue weighted by Gasteiger charge is -2.35. The molecule has 1 heterocycles. The van der Waals surface area contributed by atoms with Gasteiger partial charge in [0.2, 0.25) is 10.0 Å². The molecule has 0 aliphatic carbocycles. The van der Waals surface area contributed by atoms with E-state index >= 15 is 0 Å². The van der Waals surface area contributed by atoms with Crippen LogP contribution in [-0.4, -0.2) is 43.7 Å². The van der Waals surface area contributed by atoms with Gasteiger partial charge in [-0.25, -0.2) is 12.8 Å². The first-order valence-corrected chi connectivity index (χ1v) is 12.6. The predicted octanol–water partition coefficient (Wildman–Crippen LogP) is 3.38. The molecule has 0 spiro atoms. The molecule has 1 aliphatic rings. The van der Waals surface area contributed by atoms with Crippen molar-refractivity contribution < 1.29 is 22.4 Å². The topological polar surface area (TPSA) is 95.6 Å². The molecule has 2 amide bonds. The third kappa shape index (κ3) is 6.17. The third-order valence-corrected chi connectivity index (χ3v) is 8.00. The first-order valence-electron chi connectivity index (χ1n) is 11.2. The van der Waals surface area contributed by atoms with Gasteiger partial charge in [-0.05, 0) is 74.1 Å². The molecular formula is C24H30FN3O4S. The Morgan fingerprint density at radius 2 is 1.82 bits per heavy atom. The zero-order valence-electron chi connectivity index (χ0n) is 18.9. The molecule has 33 heavy (non-hydrogen) atoms. The Morgan fingerprint density at radius 3 is 2.48 bits per heavy atom. The van der Waals surface area contributed by atoms with Crippen LogP contribution in [-0.2, 0) is 26.0 Å². The number of anilines is 1. The molecule has 0 aromatic heterocycles. The first-order chi connectivity index (χ1) is 15.7. The van der Waals surface area contributed by atoms with E-state index in [-0.39, 0.29) is 17.5 Å². The summed E-state index contributed by atoms with van der Waals surface area (Å²) in [4.78, 5) is 24.5. The second-order valence-corrected chi connectivity index (χ2v) is 10.1. The molecule has 2 aromatic rings. The summed E-state index contributed by atoms with van der Waals surface area (Å²) in [5, 5.41) is 5.14. The molecule has 7 nitrogen and oxygen atoms in total. The summed E-state index contributed by atoms with van der Waals surface area (Å²) in [7, 11) is -3.80. The number of sulfonamides is 1. The van der Waals surface area contributed by atoms with Gasteiger partial charge in [0.15, 0.2) is 0 Å². The van der Waals surface area contributed by atoms with E-state index in [2.05, 4.69) is 10.6 Å². The number of halogens is 1. The van der Waals surface area contributed by atoms with Crippen LogP contribution in [0.3, 0.4) is 0 Å². The number of rotatable bonds is 7. The van der Waals surface area contributed by atoms with E-state index in [9.17, 15) is 22.4 Å². The minimum atomic E-state index is -3.80. The van der Waals surface area contributed by atoms with E-state index in [0.717, 1.165) is 30.9 Å². The number of nitrogens with zero attached hydrogens (tertiary/aromatic N) is 1. The number of hydrogen-bond donors (Lipinski definition) is 2. The van der Waals surface area contributed by atoms with Gasteiger partial charge in [0.25, 0.3) is 0 Å². The fourth-order valence-corrected chi connectivity index (χ4v) is 5.98. The zero-order valence-corrected chi connectivity index (χ0v) is 19.8. The van der Waals surface area contributed by atoms with Gasteiger partial charge in [0, 0.05) is 24.8 Å². The maximum absolute atomic E-state index is 13.5. The van der Waals surface area contributed by atoms with Gasteiger partial charge in [-0.3, -0.25) is 9.59 Å². The number of benzene rings is 2. The van der Waals surface area contributed by atoms with Crippen molar-refractivity contribution in [2.24, 2.45) is 0 Å². The highest BCUT2D eigenvalue weighted by molar-refractivity contribution is 7.89. The molecule has 3 rings (SSSR count). The minimum Gasteiger partial charge on any atom is -0.348 e. The smallest absolute Gasteiger partial charge is 0.313 e. The van der Waals surface area contributed by atoms with Crippen LogP contribution < -0.4 is 10.6 Å². The molecule has 0 radical (unpaired) electrons. The van der Waals surface area contributed by atoms with Crippen molar-refractivity contribution in [3.05, 3.63) is 59.4 Å². The molecule has 0 bridgehead atoms. The molecule has 1 saturated heterocycles. The van der Waals surface area contributed by atoms with Crippen LogP contribution in [0.1, 0.15) is 43.7 Å². The van der Waals surface area contributed by atoms with Crippen LogP contribution in [0.2, 0.25) is 0 Å². The number of amides is 2. The van der Waals surface area contributed by atoms with Crippen molar-refractivity contribution in [3.8, 4) is 0 Å². The van der Waals surface area contributed by atoms with E-state index in [1.54, 1.807) is 19.1 Å². The van der Waals surface area contributed by atoms with Gasteiger partial charge in [0.05, 0.1) is 4.90 Å². The molecule has 2 N–H and O–H groups in total. The minimum absolute atomic E-state index is 0.0910. The van der Waals surface area contributed by atoms with Crippen molar-refractivity contribution in [2.45, 2.75) is 56.9 Å². The van der Waals surface area contributed by atoms with Crippen molar-refractivity contribution in [1.82, 2.24) is 9.62 Å². The van der Waals surface area contributed by atoms with Crippen molar-refractivity contribution in [1.29, 1.82) is 0 Å². The number of carbonyl (C=O) groups is 2. The number of nitrogens with one attached hydrogen (secondary N) is 2. The third-order valence-electron chi connectivity index (χ3n) is 5.89. The van der Waals surface area contributed by atoms with Gasteiger partial charge >= 0.3 is 11.8 Å². The number of carbonyl (C=O) groups excluding carboxylic acids is 2. The summed E-state index contributed by atoms with van der Waals surface area (Å²) >= 11 is 0. The lowest BCUT2D eigenvalue weighted by atomic mass is 10.0. The van der Waals surface area contributed by atoms with Crippen LogP contribution in [0.5, 0.6) is 0 Å². The van der Waals surface area contributed by atoms with E-state index < -0.39 is 27.7 Å². The summed E-state index contributed by atoms with van der Waals surface area (Å²) < 4.78 is 41.4. The highest BCUT2D eigenvalue weighted by Gasteiger charge is 2.34. The molecular weight excluding hydrogens is 445 g/mol. The molecule has 1 atom stereocenters. The number of aryl methyl sites for hydroxylation is 2. The second-order valence-electron chi connectivity index (χ2n) is 8.22. The van der Waals surface area contributed by atoms with Crippen molar-refractivity contribution >= 4 is 27.5 Å². The van der Waals surface area contributed by atoms with Crippen LogP contribution in [0, 0.1) is 12.7 Å². The Morgan fingerprint density at radius 1 is 1.09 bits per heavy atom. The van der Waals surface area contributed by atoms with Gasteiger partial charge in [-0.1, -0.05) is 25.5 Å². The van der Waals surface area contributed by atoms with Gasteiger partial charge in [-0.15, -0.1) is 0 Å². The van der Waals surface area contributed by atoms with Crippen molar-refractivity contribution in [2.75, 3.05) is 18.4 Å². The highest BCUT2D eigenvalue weighted by Crippen LogP contribution is 2.28. The van der Waals surface area contributed by atoms with Crippen LogP contribution in [0.15, 0.2) is 47.4 Å². The molecule has 1 aliphatic heterocycles. The van der Waals surface area contributed by atoms with Crippen LogP contribution >= 0.6 is 0 Å². The highest BCUT2D eigenvalue weighted by atomic mass is 32.2. The standard InChI is InChI=1S/C24H30FN3O4S/c1-3-18-7-10-20(11-8-18)27-24(30)23(29)26-14-13-21-6-4-5-15-28(21)33(31,32)22-12-9-19(25)16-17(22)2/h7-12,16,21H,3-6,13-15H2,1-2H3,(H,26,29)(H,27,30)/t21-/m0/s1. The van der Waals surface area contributed by atoms with Crippen LogP contribution in [0.25, 0.3) is 0 Å². The maximum atomic E-state index is 13.5. The zero-order chi connectivity index (χ0) is 24.0. The Hall–Kier alpha value is -2.78. The summed E-state index contributed by atoms with van der Waals surface area (Å²) in [6.07, 6.45) is 3.53. The Kier molecular flexibility index (Phi) is 8.20. The van der Waals surface area contributed by atoms with Crippen LogP contribution in [0.4, 0.5) is 10.1 Å². The number of hydrogen-bond acceptors (Lipinski definition) is 4. The lowest BCUT2D eigenvalue weighted by Crippen LogP contribution is -2.46. The van der Waals surface area contributed by atoms with Crippen molar-refractivity contribution in [3.63, 3.8) is 0 Å². The average molecular weight is 476 g/mol. The predicted molar refractivity (Wildman–Crippen MR) is 125 cm³/mol. The SMILES string of the molecule is CCc1ccc(NC(=O)C(=O)NCC[C@@H]2CCCCN2S(=O)(=O)c2ccc(F)cc2C)cc1. The quantitative estimate of drug-likeness (QED) is 0.600. The normalized spacial score (nSPS) is 16.9. The van der Waals surface area contributed by atoms with Gasteiger partial charge < -0.3 is 10.6 Å². The molecule has 9 heteroatoms. The summed E-state index contributed by atoms with van der Waals surface area (Å²) in [5.74, 6) is -2.02. The lowest BCUT2D eigenvalue weighted by molar-refractivity contribution is -0.136. The fraction of sp³-hybridized carbons (Fsp3) is 0.417. The Labute approximate surface area is 194 Å². The molecule has 0 saturated carbocycles. The Balaban J connectivity index is 1.58. The second kappa shape index (κ2) is 10.9. The largest absolute Gasteiger partial charge is 0.348 e. The van der Waals surface area contributed by atoms with Gasteiger partial charge in [0.1, 0.15) is 5.82 Å². The van der Waals surface area contributed by atoms with Gasteiger partial charge in [-0.2, -0.15) is 4.31 Å². The molecule has 2 aromatic carbocycles. The monoisotopic (exact) mass is 475 g/mol. The van der Waals surface area contributed by atoms with E-state index in [0.29, 0.717) is 30.6 Å².